The van der Waals surface area contributed by atoms with Crippen molar-refractivity contribution in [2.24, 2.45) is 17.6 Å². The number of benzene rings is 1. The number of aromatic hydroxyl groups is 1. The van der Waals surface area contributed by atoms with Crippen LogP contribution in [0, 0.1) is 11.8 Å². The molecule has 0 heterocycles. The Hall–Kier alpha value is -1.66. The van der Waals surface area contributed by atoms with Crippen LogP contribution in [0.2, 0.25) is 5.02 Å². The van der Waals surface area contributed by atoms with Crippen molar-refractivity contribution in [3.05, 3.63) is 45.2 Å². The molecule has 0 spiro atoms. The Morgan fingerprint density at radius 1 is 1.24 bits per heavy atom. The van der Waals surface area contributed by atoms with Gasteiger partial charge in [-0.1, -0.05) is 23.1 Å². The predicted octanol–water partition coefficient (Wildman–Crippen LogP) is -2.49. The quantitative estimate of drug-likeness (QED) is 0.243. The van der Waals surface area contributed by atoms with Crippen molar-refractivity contribution in [2.45, 2.75) is 30.6 Å². The molecule has 1 aromatic rings. The first kappa shape index (κ1) is 26.9. The minimum absolute atomic E-state index is 0. The van der Waals surface area contributed by atoms with Crippen LogP contribution in [0.15, 0.2) is 29.0 Å². The fraction of sp³-hybridized carbons (Fsp3) is 0.409. The number of aliphatic hydroxyl groups is 2. The molecular weight excluding hydrogens is 496 g/mol. The van der Waals surface area contributed by atoms with Gasteiger partial charge in [-0.25, -0.2) is 0 Å². The summed E-state index contributed by atoms with van der Waals surface area (Å²) in [4.78, 5) is 39.9. The van der Waals surface area contributed by atoms with Crippen molar-refractivity contribution in [1.29, 1.82) is 0 Å². The van der Waals surface area contributed by atoms with Crippen LogP contribution in [0.4, 0.5) is 0 Å². The van der Waals surface area contributed by atoms with Crippen LogP contribution in [0.3, 0.4) is 0 Å². The first-order valence-electron chi connectivity index (χ1n) is 10.0. The van der Waals surface area contributed by atoms with Crippen LogP contribution < -0.4 is 15.9 Å². The number of phenolic OH excluding ortho intramolecular Hbond substituents is 1. The van der Waals surface area contributed by atoms with Crippen molar-refractivity contribution in [2.75, 3.05) is 14.1 Å². The van der Waals surface area contributed by atoms with E-state index in [-0.39, 0.29) is 54.7 Å². The molecular formula is C22H21CaClN2O8. The summed E-state index contributed by atoms with van der Waals surface area (Å²) in [6.45, 7) is 1.30. The molecule has 5 atom stereocenters. The van der Waals surface area contributed by atoms with Gasteiger partial charge >= 0.3 is 37.7 Å². The normalized spacial score (nSPS) is 32.7. The van der Waals surface area contributed by atoms with Crippen LogP contribution in [-0.2, 0) is 20.0 Å². The van der Waals surface area contributed by atoms with Gasteiger partial charge in [0.1, 0.15) is 11.4 Å². The number of rotatable bonds is 2. The Morgan fingerprint density at radius 2 is 1.82 bits per heavy atom. The topological polar surface area (TPSA) is 187 Å². The van der Waals surface area contributed by atoms with Crippen LogP contribution in [0.5, 0.6) is 5.75 Å². The van der Waals surface area contributed by atoms with Crippen molar-refractivity contribution in [3.8, 4) is 5.75 Å². The number of ketones is 2. The summed E-state index contributed by atoms with van der Waals surface area (Å²) in [7, 11) is 2.91. The number of hydrogen-bond donors (Lipinski definition) is 4. The molecule has 0 bridgehead atoms. The number of carbonyl (C=O) groups is 3. The van der Waals surface area contributed by atoms with Gasteiger partial charge < -0.3 is 31.3 Å². The zero-order chi connectivity index (χ0) is 24.8. The van der Waals surface area contributed by atoms with E-state index in [2.05, 4.69) is 0 Å². The van der Waals surface area contributed by atoms with Gasteiger partial charge in [0.15, 0.2) is 11.6 Å². The third kappa shape index (κ3) is 3.27. The second-order valence-corrected chi connectivity index (χ2v) is 9.45. The first-order chi connectivity index (χ1) is 15.2. The number of nitrogens with two attached hydrogens (primary N) is 1. The van der Waals surface area contributed by atoms with Crippen molar-refractivity contribution in [3.63, 3.8) is 0 Å². The van der Waals surface area contributed by atoms with Gasteiger partial charge in [0.05, 0.1) is 17.2 Å². The predicted molar refractivity (Wildman–Crippen MR) is 116 cm³/mol. The molecule has 1 aromatic carbocycles. The molecule has 34 heavy (non-hydrogen) atoms. The number of amides is 1. The number of halogens is 1. The fourth-order valence-corrected chi connectivity index (χ4v) is 5.88. The van der Waals surface area contributed by atoms with E-state index in [1.807, 2.05) is 0 Å². The van der Waals surface area contributed by atoms with Gasteiger partial charge in [-0.15, -0.1) is 0 Å². The largest absolute Gasteiger partial charge is 2.00 e. The van der Waals surface area contributed by atoms with Gasteiger partial charge in [-0.05, 0) is 45.1 Å². The van der Waals surface area contributed by atoms with Crippen molar-refractivity contribution in [1.82, 2.24) is 4.90 Å². The Balaban J connectivity index is 0.00000324. The standard InChI is InChI=1S/C22H23ClN2O8.Ca/c1-21(32)7-6-8-15(25(2)3)17(28)13(20(24)31)19(30)22(8,33)18(29)11(7)16(27)12-10(26)5-4-9(23)14(12)21;/h4-5,7-8,15,26-27,30,32-33H,6H2,1-3H3,(H2,24,31);/q;+2/p-2/t7-,8-,15-,21-,22-;/m0./s1. The molecule has 12 heteroatoms. The van der Waals surface area contributed by atoms with E-state index in [4.69, 9.17) is 17.3 Å². The molecule has 0 aromatic heterocycles. The Bertz CT molecular complexity index is 1210. The van der Waals surface area contributed by atoms with Crippen LogP contribution >= 0.6 is 11.6 Å². The van der Waals surface area contributed by atoms with Crippen molar-refractivity contribution >= 4 is 72.6 Å². The number of primary amides is 1. The molecule has 3 aliphatic carbocycles. The number of phenols is 1. The monoisotopic (exact) mass is 516 g/mol. The summed E-state index contributed by atoms with van der Waals surface area (Å²) in [6, 6.07) is 1.09. The molecule has 0 radical (unpaired) electrons. The van der Waals surface area contributed by atoms with Gasteiger partial charge in [0, 0.05) is 28.0 Å². The van der Waals surface area contributed by atoms with Crippen LogP contribution in [0.25, 0.3) is 5.76 Å². The second kappa shape index (κ2) is 8.48. The molecule has 1 saturated carbocycles. The van der Waals surface area contributed by atoms with E-state index in [1.54, 1.807) is 0 Å². The molecule has 3 aliphatic rings. The van der Waals surface area contributed by atoms with E-state index in [0.29, 0.717) is 0 Å². The van der Waals surface area contributed by atoms with Gasteiger partial charge in [0.25, 0.3) is 5.91 Å². The zero-order valence-corrected chi connectivity index (χ0v) is 21.6. The molecule has 4 rings (SSSR count). The summed E-state index contributed by atoms with van der Waals surface area (Å²) in [6.07, 6.45) is -0.339. The minimum Gasteiger partial charge on any atom is -0.873 e. The van der Waals surface area contributed by atoms with Crippen LogP contribution in [0.1, 0.15) is 24.5 Å². The average molecular weight is 517 g/mol. The molecule has 0 unspecified atom stereocenters. The number of fused-ring (bicyclic) bond motifs is 3. The Labute approximate surface area is 229 Å². The maximum atomic E-state index is 13.6. The molecule has 1 fully saturated rings. The van der Waals surface area contributed by atoms with E-state index in [9.17, 15) is 39.9 Å². The Kier molecular flexibility index (Phi) is 6.71. The van der Waals surface area contributed by atoms with Crippen molar-refractivity contribution < 1.29 is 39.9 Å². The Morgan fingerprint density at radius 3 is 2.35 bits per heavy atom. The summed E-state index contributed by atoms with van der Waals surface area (Å²) >= 11 is 6.24. The third-order valence-electron chi connectivity index (χ3n) is 7.03. The molecule has 1 amide bonds. The summed E-state index contributed by atoms with van der Waals surface area (Å²) in [5, 5.41) is 59.7. The van der Waals surface area contributed by atoms with Gasteiger partial charge in [0.2, 0.25) is 0 Å². The first-order valence-corrected chi connectivity index (χ1v) is 10.4. The summed E-state index contributed by atoms with van der Waals surface area (Å²) < 4.78 is 0. The molecule has 176 valence electrons. The van der Waals surface area contributed by atoms with Gasteiger partial charge in [-0.3, -0.25) is 19.3 Å². The van der Waals surface area contributed by atoms with E-state index in [1.165, 1.54) is 32.0 Å². The van der Waals surface area contributed by atoms with Crippen LogP contribution in [-0.4, -0.2) is 101 Å². The molecule has 0 aliphatic heterocycles. The zero-order valence-electron chi connectivity index (χ0n) is 18.6. The maximum absolute atomic E-state index is 13.6. The fourth-order valence-electron chi connectivity index (χ4n) is 5.54. The smallest absolute Gasteiger partial charge is 0.873 e. The molecule has 0 saturated heterocycles. The van der Waals surface area contributed by atoms with E-state index < -0.39 is 80.5 Å². The summed E-state index contributed by atoms with van der Waals surface area (Å²) in [5.41, 5.74) is -1.86. The molecule has 10 nitrogen and oxygen atoms in total. The third-order valence-corrected chi connectivity index (χ3v) is 7.34. The average Bonchev–Trinajstić information content (AvgIpc) is 2.69. The molecule has 5 N–H and O–H groups in total. The number of Topliss-reactive ketones (excluding diaryl/α,β-unsaturated/α-hetero) is 2. The van der Waals surface area contributed by atoms with Gasteiger partial charge in [-0.2, -0.15) is 0 Å². The number of hydrogen-bond acceptors (Lipinski definition) is 9. The number of nitrogens with zero attached hydrogens (tertiary/aromatic N) is 1. The minimum atomic E-state index is -2.93. The summed E-state index contributed by atoms with van der Waals surface area (Å²) in [5.74, 6) is -9.39. The second-order valence-electron chi connectivity index (χ2n) is 9.04. The van der Waals surface area contributed by atoms with E-state index in [0.717, 1.165) is 6.07 Å². The van der Waals surface area contributed by atoms with E-state index >= 15 is 0 Å². The SMILES string of the molecule is CN(C)[C@@H]1C(=O)C(C(N)=O)=C([O-])[C@@]2(O)C(=O)C3=C([O-])c4c(O)ccc(Cl)c4[C@@](C)(O)[C@H]3C[C@@H]12.[Ca+2]. The maximum Gasteiger partial charge on any atom is 2.00 e. The number of likely N-dealkylation sites (N-methyl/N-ethyl adjacent to an activating group) is 1. The number of carbonyl (C=O) groups excluding carboxylic acids is 3.